The van der Waals surface area contributed by atoms with Gasteiger partial charge in [0.2, 0.25) is 12.4 Å². The maximum Gasteiger partial charge on any atom is 0.303 e. The summed E-state index contributed by atoms with van der Waals surface area (Å²) in [6.07, 6.45) is -0.558. The molecule has 0 spiro atoms. The summed E-state index contributed by atoms with van der Waals surface area (Å²) < 4.78 is 18.1. The van der Waals surface area contributed by atoms with Gasteiger partial charge in [0.1, 0.15) is 11.4 Å². The zero-order valence-corrected chi connectivity index (χ0v) is 30.6. The van der Waals surface area contributed by atoms with Crippen molar-refractivity contribution in [2.75, 3.05) is 0 Å². The third-order valence-corrected chi connectivity index (χ3v) is 13.4. The summed E-state index contributed by atoms with van der Waals surface area (Å²) in [5, 5.41) is 44.7. The van der Waals surface area contributed by atoms with Crippen LogP contribution >= 0.6 is 0 Å². The van der Waals surface area contributed by atoms with Gasteiger partial charge in [0.15, 0.2) is 11.6 Å². The van der Waals surface area contributed by atoms with E-state index < -0.39 is 87.3 Å². The summed E-state index contributed by atoms with van der Waals surface area (Å²) in [5.74, 6) is -3.42. The topological polar surface area (TPSA) is 177 Å². The van der Waals surface area contributed by atoms with Crippen LogP contribution in [0.2, 0.25) is 0 Å². The minimum Gasteiger partial charge on any atom is -0.449 e. The van der Waals surface area contributed by atoms with E-state index in [2.05, 4.69) is 13.0 Å². The molecule has 0 aromatic carbocycles. The Bertz CT molecular complexity index is 1450. The number of allylic oxidation sites excluding steroid dienone is 1. The monoisotopic (exact) mass is 688 g/mol. The summed E-state index contributed by atoms with van der Waals surface area (Å²) in [5.41, 5.74) is -5.91. The molecule has 4 N–H and O–H groups in total. The maximum atomic E-state index is 14.8. The number of aliphatic hydroxyl groups excluding tert-OH is 2. The van der Waals surface area contributed by atoms with E-state index in [9.17, 15) is 39.6 Å². The van der Waals surface area contributed by atoms with Gasteiger partial charge >= 0.3 is 5.97 Å². The van der Waals surface area contributed by atoms with Gasteiger partial charge in [-0.2, -0.15) is 0 Å². The molecule has 1 heterocycles. The highest BCUT2D eigenvalue weighted by Gasteiger charge is 2.75. The molecule has 11 nitrogen and oxygen atoms in total. The molecule has 0 amide bonds. The van der Waals surface area contributed by atoms with E-state index in [0.717, 1.165) is 11.6 Å². The number of fused-ring (bicyclic) bond motifs is 5. The maximum absolute atomic E-state index is 14.8. The average Bonchev–Trinajstić information content (AvgIpc) is 3.18. The summed E-state index contributed by atoms with van der Waals surface area (Å²) in [6.45, 7) is 17.1. The SMILES string of the molecule is CC(=O)O[C@@H]1C(=O)C[C@@H](C)O[C@@H]1O[C@@H]1C[C@@]2(C)[C@@H]3CC=C4[C@@H](C[C@H](O)[C@@H](O)C4(C)C)[C@]3(C)C(=O)C[C@]2(C)[C@H]1[C@@](C)(O)C(=O)/C=C/C(C)(C)O. The van der Waals surface area contributed by atoms with Gasteiger partial charge in [-0.25, -0.2) is 0 Å². The second-order valence-electron chi connectivity index (χ2n) is 17.6. The number of esters is 1. The van der Waals surface area contributed by atoms with Crippen LogP contribution in [0.15, 0.2) is 23.8 Å². The van der Waals surface area contributed by atoms with Crippen molar-refractivity contribution in [1.82, 2.24) is 0 Å². The number of aliphatic hydroxyl groups is 4. The van der Waals surface area contributed by atoms with Crippen molar-refractivity contribution < 1.29 is 53.8 Å². The number of ether oxygens (including phenoxy) is 3. The number of carbonyl (C=O) groups is 4. The van der Waals surface area contributed by atoms with Crippen LogP contribution in [0.3, 0.4) is 0 Å². The van der Waals surface area contributed by atoms with Gasteiger partial charge in [0, 0.05) is 36.5 Å². The van der Waals surface area contributed by atoms with Crippen LogP contribution in [0.25, 0.3) is 0 Å². The fourth-order valence-corrected chi connectivity index (χ4v) is 10.7. The van der Waals surface area contributed by atoms with Crippen molar-refractivity contribution in [2.45, 2.75) is 149 Å². The van der Waals surface area contributed by atoms with Crippen molar-refractivity contribution in [3.05, 3.63) is 23.8 Å². The third kappa shape index (κ3) is 5.90. The van der Waals surface area contributed by atoms with Gasteiger partial charge in [-0.3, -0.25) is 19.2 Å². The molecule has 0 aromatic rings. The quantitative estimate of drug-likeness (QED) is 0.175. The number of hydrogen-bond acceptors (Lipinski definition) is 11. The van der Waals surface area contributed by atoms with E-state index in [4.69, 9.17) is 14.2 Å². The van der Waals surface area contributed by atoms with Gasteiger partial charge < -0.3 is 34.6 Å². The molecular weight excluding hydrogens is 632 g/mol. The first-order valence-corrected chi connectivity index (χ1v) is 17.6. The molecule has 5 aliphatic rings. The Labute approximate surface area is 289 Å². The molecule has 274 valence electrons. The summed E-state index contributed by atoms with van der Waals surface area (Å²) in [4.78, 5) is 53.9. The highest BCUT2D eigenvalue weighted by Crippen LogP contribution is 2.74. The van der Waals surface area contributed by atoms with E-state index in [0.29, 0.717) is 6.42 Å². The molecule has 4 fully saturated rings. The Morgan fingerprint density at radius 2 is 1.67 bits per heavy atom. The van der Waals surface area contributed by atoms with Crippen molar-refractivity contribution in [2.24, 2.45) is 39.4 Å². The van der Waals surface area contributed by atoms with Crippen LogP contribution in [0.5, 0.6) is 0 Å². The third-order valence-electron chi connectivity index (χ3n) is 13.4. The van der Waals surface area contributed by atoms with Gasteiger partial charge in [-0.1, -0.05) is 52.3 Å². The molecule has 3 saturated carbocycles. The molecule has 0 radical (unpaired) electrons. The predicted molar refractivity (Wildman–Crippen MR) is 178 cm³/mol. The molecule has 5 rings (SSSR count). The van der Waals surface area contributed by atoms with Gasteiger partial charge in [-0.05, 0) is 75.7 Å². The first-order valence-electron chi connectivity index (χ1n) is 17.6. The number of hydrogen-bond donors (Lipinski definition) is 4. The highest BCUT2D eigenvalue weighted by molar-refractivity contribution is 5.97. The largest absolute Gasteiger partial charge is 0.449 e. The lowest BCUT2D eigenvalue weighted by Gasteiger charge is -2.65. The number of rotatable bonds is 7. The van der Waals surface area contributed by atoms with Gasteiger partial charge in [-0.15, -0.1) is 0 Å². The van der Waals surface area contributed by atoms with Crippen LogP contribution in [0.4, 0.5) is 0 Å². The van der Waals surface area contributed by atoms with Gasteiger partial charge in [0.05, 0.1) is 30.0 Å². The predicted octanol–water partition coefficient (Wildman–Crippen LogP) is 3.38. The van der Waals surface area contributed by atoms with E-state index in [1.807, 2.05) is 27.7 Å². The van der Waals surface area contributed by atoms with Crippen molar-refractivity contribution in [3.63, 3.8) is 0 Å². The molecule has 13 atom stereocenters. The first-order chi connectivity index (χ1) is 22.3. The van der Waals surface area contributed by atoms with E-state index >= 15 is 0 Å². The lowest BCUT2D eigenvalue weighted by molar-refractivity contribution is -0.261. The number of ketones is 3. The van der Waals surface area contributed by atoms with Crippen LogP contribution in [-0.4, -0.2) is 91.8 Å². The normalized spacial score (nSPS) is 44.8. The summed E-state index contributed by atoms with van der Waals surface area (Å²) in [7, 11) is 0. The molecule has 0 bridgehead atoms. The molecular formula is C38H56O11. The first kappa shape index (κ1) is 38.0. The Morgan fingerprint density at radius 3 is 2.27 bits per heavy atom. The lowest BCUT2D eigenvalue weighted by Crippen LogP contribution is -2.65. The zero-order chi connectivity index (χ0) is 36.9. The Balaban J connectivity index is 1.64. The van der Waals surface area contributed by atoms with Crippen LogP contribution in [0, 0.1) is 39.4 Å². The van der Waals surface area contributed by atoms with E-state index in [1.54, 1.807) is 6.92 Å². The van der Waals surface area contributed by atoms with Crippen molar-refractivity contribution in [1.29, 1.82) is 0 Å². The minimum atomic E-state index is -2.10. The summed E-state index contributed by atoms with van der Waals surface area (Å²) >= 11 is 0. The van der Waals surface area contributed by atoms with E-state index in [-0.39, 0.29) is 49.1 Å². The van der Waals surface area contributed by atoms with Crippen LogP contribution < -0.4 is 0 Å². The van der Waals surface area contributed by atoms with Crippen LogP contribution in [-0.2, 0) is 33.4 Å². The number of carbonyl (C=O) groups excluding carboxylic acids is 4. The average molecular weight is 689 g/mol. The van der Waals surface area contributed by atoms with E-state index in [1.165, 1.54) is 33.8 Å². The Kier molecular flexibility index (Phi) is 9.42. The molecule has 0 aromatic heterocycles. The molecule has 0 unspecified atom stereocenters. The minimum absolute atomic E-state index is 0.00322. The Hall–Kier alpha value is -2.28. The zero-order valence-electron chi connectivity index (χ0n) is 30.6. The molecule has 49 heavy (non-hydrogen) atoms. The highest BCUT2D eigenvalue weighted by atomic mass is 16.7. The van der Waals surface area contributed by atoms with Gasteiger partial charge in [0.25, 0.3) is 0 Å². The molecule has 1 aliphatic heterocycles. The molecule has 11 heteroatoms. The van der Waals surface area contributed by atoms with Crippen molar-refractivity contribution >= 4 is 23.3 Å². The lowest BCUT2D eigenvalue weighted by atomic mass is 9.38. The second kappa shape index (κ2) is 12.2. The number of Topliss-reactive ketones (excluding diaryl/α,β-unsaturated/α-hetero) is 2. The van der Waals surface area contributed by atoms with Crippen molar-refractivity contribution in [3.8, 4) is 0 Å². The molecule has 4 aliphatic carbocycles. The standard InChI is InChI=1S/C38H56O11/c1-19-15-23(40)29(48-20(2)39)32(47-19)49-25-17-35(7)26-12-11-21-22(16-24(41)31(44)34(21,5)6)37(26,9)28(43)18-36(35,8)30(25)38(10,46)27(42)13-14-33(3,4)45/h11,13-14,19,22,24-26,29-32,41,44-46H,12,15-18H2,1-10H3/b14-13+/t19-,22-,24+,25-,26+,29-,30+,31-,32-,35+,36-,37+,38+/m1/s1. The van der Waals surface area contributed by atoms with Crippen LogP contribution in [0.1, 0.15) is 101 Å². The summed E-state index contributed by atoms with van der Waals surface area (Å²) in [6, 6.07) is 0. The fraction of sp³-hybridized carbons (Fsp3) is 0.789. The molecule has 1 saturated heterocycles. The smallest absolute Gasteiger partial charge is 0.303 e. The Morgan fingerprint density at radius 1 is 1.04 bits per heavy atom. The fourth-order valence-electron chi connectivity index (χ4n) is 10.7. The second-order valence-corrected chi connectivity index (χ2v) is 17.6.